The highest BCUT2D eigenvalue weighted by Gasteiger charge is 2.11. The predicted octanol–water partition coefficient (Wildman–Crippen LogP) is 4.13. The largest absolute Gasteiger partial charge is 0.352 e. The van der Waals surface area contributed by atoms with E-state index < -0.39 is 5.95 Å². The monoisotopic (exact) mass is 304 g/mol. The van der Waals surface area contributed by atoms with Gasteiger partial charge in [0.25, 0.3) is 0 Å². The van der Waals surface area contributed by atoms with Crippen LogP contribution in [0.15, 0.2) is 55.0 Å². The van der Waals surface area contributed by atoms with Crippen LogP contribution in [0.4, 0.5) is 4.39 Å². The van der Waals surface area contributed by atoms with Crippen molar-refractivity contribution in [1.29, 1.82) is 0 Å². The van der Waals surface area contributed by atoms with E-state index in [1.807, 2.05) is 31.2 Å². The minimum absolute atomic E-state index is 0.444. The van der Waals surface area contributed by atoms with E-state index in [9.17, 15) is 4.39 Å². The molecule has 0 bridgehead atoms. The van der Waals surface area contributed by atoms with Crippen LogP contribution in [0, 0.1) is 12.9 Å². The quantitative estimate of drug-likeness (QED) is 0.566. The number of aromatic amines is 1. The van der Waals surface area contributed by atoms with Gasteiger partial charge < -0.3 is 4.98 Å². The van der Waals surface area contributed by atoms with Gasteiger partial charge in [0.05, 0.1) is 23.1 Å². The summed E-state index contributed by atoms with van der Waals surface area (Å²) in [5.74, 6) is -0.509. The molecule has 0 saturated heterocycles. The number of hydrogen-bond donors (Lipinski definition) is 1. The average Bonchev–Trinajstić information content (AvgIpc) is 3.00. The molecule has 112 valence electrons. The lowest BCUT2D eigenvalue weighted by Gasteiger charge is -2.05. The fourth-order valence-electron chi connectivity index (χ4n) is 2.54. The molecule has 4 aromatic rings. The molecule has 4 nitrogen and oxygen atoms in total. The topological polar surface area (TPSA) is 54.5 Å². The highest BCUT2D eigenvalue weighted by atomic mass is 19.1. The molecule has 0 amide bonds. The first-order chi connectivity index (χ1) is 11.2. The van der Waals surface area contributed by atoms with Crippen molar-refractivity contribution in [1.82, 2.24) is 19.9 Å². The maximum atomic E-state index is 14.4. The van der Waals surface area contributed by atoms with Crippen molar-refractivity contribution in [3.63, 3.8) is 0 Å². The zero-order valence-electron chi connectivity index (χ0n) is 12.4. The molecule has 0 spiro atoms. The van der Waals surface area contributed by atoms with Crippen molar-refractivity contribution in [2.45, 2.75) is 6.92 Å². The number of hydrogen-bond acceptors (Lipinski definition) is 3. The van der Waals surface area contributed by atoms with Gasteiger partial charge in [-0.15, -0.1) is 0 Å². The van der Waals surface area contributed by atoms with Crippen molar-refractivity contribution in [3.05, 3.63) is 66.6 Å². The predicted molar refractivity (Wildman–Crippen MR) is 87.3 cm³/mol. The van der Waals surface area contributed by atoms with Gasteiger partial charge in [0.2, 0.25) is 5.95 Å². The molecule has 0 atom stereocenters. The van der Waals surface area contributed by atoms with E-state index in [4.69, 9.17) is 0 Å². The van der Waals surface area contributed by atoms with Crippen LogP contribution in [0.1, 0.15) is 5.69 Å². The number of halogens is 1. The normalized spacial score (nSPS) is 11.0. The van der Waals surface area contributed by atoms with Crippen LogP contribution in [0.2, 0.25) is 0 Å². The summed E-state index contributed by atoms with van der Waals surface area (Å²) in [5.41, 5.74) is 4.27. The summed E-state index contributed by atoms with van der Waals surface area (Å²) in [5, 5.41) is 1.02. The SMILES string of the molecule is Cc1ccc(-c2ccc(-c3cc4ccncc4[nH]3)nc2F)cn1. The first-order valence-electron chi connectivity index (χ1n) is 7.23. The van der Waals surface area contributed by atoms with E-state index in [2.05, 4.69) is 19.9 Å². The average molecular weight is 304 g/mol. The van der Waals surface area contributed by atoms with Gasteiger partial charge in [0.1, 0.15) is 0 Å². The lowest BCUT2D eigenvalue weighted by molar-refractivity contribution is 0.589. The van der Waals surface area contributed by atoms with Crippen LogP contribution in [0.5, 0.6) is 0 Å². The van der Waals surface area contributed by atoms with Gasteiger partial charge in [-0.3, -0.25) is 9.97 Å². The van der Waals surface area contributed by atoms with Gasteiger partial charge in [0, 0.05) is 34.6 Å². The molecule has 0 aliphatic carbocycles. The van der Waals surface area contributed by atoms with E-state index in [1.165, 1.54) is 0 Å². The fraction of sp³-hybridized carbons (Fsp3) is 0.0556. The molecule has 0 unspecified atom stereocenters. The van der Waals surface area contributed by atoms with Crippen molar-refractivity contribution in [3.8, 4) is 22.5 Å². The Labute approximate surface area is 132 Å². The molecule has 0 radical (unpaired) electrons. The molecular formula is C18H13FN4. The Morgan fingerprint density at radius 2 is 1.96 bits per heavy atom. The van der Waals surface area contributed by atoms with E-state index in [0.717, 1.165) is 22.3 Å². The van der Waals surface area contributed by atoms with Crippen LogP contribution in [-0.2, 0) is 0 Å². The number of nitrogens with one attached hydrogen (secondary N) is 1. The fourth-order valence-corrected chi connectivity index (χ4v) is 2.54. The van der Waals surface area contributed by atoms with E-state index in [-0.39, 0.29) is 0 Å². The Bertz CT molecular complexity index is 957. The van der Waals surface area contributed by atoms with E-state index in [1.54, 1.807) is 30.7 Å². The molecule has 0 fully saturated rings. The lowest BCUT2D eigenvalue weighted by atomic mass is 10.1. The maximum absolute atomic E-state index is 14.4. The second kappa shape index (κ2) is 5.28. The molecule has 23 heavy (non-hydrogen) atoms. The Hall–Kier alpha value is -3.08. The van der Waals surface area contributed by atoms with Crippen molar-refractivity contribution in [2.24, 2.45) is 0 Å². The Balaban J connectivity index is 1.76. The van der Waals surface area contributed by atoms with E-state index in [0.29, 0.717) is 16.8 Å². The summed E-state index contributed by atoms with van der Waals surface area (Å²) in [4.78, 5) is 15.6. The summed E-state index contributed by atoms with van der Waals surface area (Å²) < 4.78 is 14.4. The Morgan fingerprint density at radius 1 is 1.04 bits per heavy atom. The van der Waals surface area contributed by atoms with Crippen LogP contribution in [0.3, 0.4) is 0 Å². The summed E-state index contributed by atoms with van der Waals surface area (Å²) >= 11 is 0. The number of fused-ring (bicyclic) bond motifs is 1. The van der Waals surface area contributed by atoms with Gasteiger partial charge in [-0.05, 0) is 37.3 Å². The Morgan fingerprint density at radius 3 is 2.70 bits per heavy atom. The number of H-pyrrole nitrogens is 1. The molecule has 0 aliphatic heterocycles. The molecule has 0 aliphatic rings. The second-order valence-corrected chi connectivity index (χ2v) is 5.37. The summed E-state index contributed by atoms with van der Waals surface area (Å²) in [6.45, 7) is 1.90. The highest BCUT2D eigenvalue weighted by molar-refractivity contribution is 5.84. The smallest absolute Gasteiger partial charge is 0.221 e. The van der Waals surface area contributed by atoms with Crippen LogP contribution < -0.4 is 0 Å². The standard InChI is InChI=1S/C18H13FN4/c1-11-2-3-13(9-21-11)14-4-5-15(23-18(14)19)16-8-12-6-7-20-10-17(12)22-16/h2-10,22H,1H3. The minimum atomic E-state index is -0.509. The third-order valence-corrected chi connectivity index (χ3v) is 3.77. The molecule has 4 aromatic heterocycles. The molecule has 0 aromatic carbocycles. The number of pyridine rings is 3. The minimum Gasteiger partial charge on any atom is -0.352 e. The molecular weight excluding hydrogens is 291 g/mol. The zero-order chi connectivity index (χ0) is 15.8. The summed E-state index contributed by atoms with van der Waals surface area (Å²) in [6, 6.07) is 11.1. The van der Waals surface area contributed by atoms with Gasteiger partial charge in [0.15, 0.2) is 0 Å². The first kappa shape index (κ1) is 13.6. The number of nitrogens with zero attached hydrogens (tertiary/aromatic N) is 3. The zero-order valence-corrected chi connectivity index (χ0v) is 12.4. The van der Waals surface area contributed by atoms with Crippen LogP contribution in [-0.4, -0.2) is 19.9 Å². The first-order valence-corrected chi connectivity index (χ1v) is 7.23. The molecule has 4 heterocycles. The van der Waals surface area contributed by atoms with Gasteiger partial charge in [-0.2, -0.15) is 4.39 Å². The van der Waals surface area contributed by atoms with Gasteiger partial charge in [-0.25, -0.2) is 4.98 Å². The highest BCUT2D eigenvalue weighted by Crippen LogP contribution is 2.26. The third-order valence-electron chi connectivity index (χ3n) is 3.77. The van der Waals surface area contributed by atoms with Crippen LogP contribution >= 0.6 is 0 Å². The van der Waals surface area contributed by atoms with Gasteiger partial charge >= 0.3 is 0 Å². The van der Waals surface area contributed by atoms with Crippen molar-refractivity contribution >= 4 is 10.9 Å². The summed E-state index contributed by atoms with van der Waals surface area (Å²) in [7, 11) is 0. The summed E-state index contributed by atoms with van der Waals surface area (Å²) in [6.07, 6.45) is 5.12. The molecule has 4 rings (SSSR count). The van der Waals surface area contributed by atoms with Crippen molar-refractivity contribution < 1.29 is 4.39 Å². The molecule has 1 N–H and O–H groups in total. The number of rotatable bonds is 2. The Kier molecular flexibility index (Phi) is 3.12. The van der Waals surface area contributed by atoms with E-state index >= 15 is 0 Å². The second-order valence-electron chi connectivity index (χ2n) is 5.37. The third kappa shape index (κ3) is 2.46. The number of aromatic nitrogens is 4. The molecule has 5 heteroatoms. The number of aryl methyl sites for hydroxylation is 1. The van der Waals surface area contributed by atoms with Gasteiger partial charge in [-0.1, -0.05) is 6.07 Å². The van der Waals surface area contributed by atoms with Crippen LogP contribution in [0.25, 0.3) is 33.4 Å². The molecule has 0 saturated carbocycles. The van der Waals surface area contributed by atoms with Crippen molar-refractivity contribution in [2.75, 3.05) is 0 Å². The lowest BCUT2D eigenvalue weighted by Crippen LogP contribution is -1.93. The maximum Gasteiger partial charge on any atom is 0.221 e.